The average molecular weight is 403 g/mol. The minimum Gasteiger partial charge on any atom is -0.439 e. The van der Waals surface area contributed by atoms with Gasteiger partial charge in [0.1, 0.15) is 23.3 Å². The van der Waals surface area contributed by atoms with Gasteiger partial charge in [0.25, 0.3) is 0 Å². The zero-order valence-corrected chi connectivity index (χ0v) is 14.8. The Kier molecular flexibility index (Phi) is 4.41. The maximum atomic E-state index is 12.5. The van der Waals surface area contributed by atoms with Gasteiger partial charge >= 0.3 is 12.1 Å². The predicted octanol–water partition coefficient (Wildman–Crippen LogP) is 3.50. The molecule has 4 rings (SSSR count). The third-order valence-electron chi connectivity index (χ3n) is 3.93. The van der Waals surface area contributed by atoms with Gasteiger partial charge in [-0.2, -0.15) is 0 Å². The van der Waals surface area contributed by atoms with E-state index >= 15 is 0 Å². The second-order valence-corrected chi connectivity index (χ2v) is 5.96. The highest BCUT2D eigenvalue weighted by Gasteiger charge is 2.31. The number of rotatable bonds is 4. The number of imidazole rings is 1. The summed E-state index contributed by atoms with van der Waals surface area (Å²) in [5.74, 6) is -0.123. The Bertz CT molecular complexity index is 1230. The molecule has 1 N–H and O–H groups in total. The van der Waals surface area contributed by atoms with Crippen molar-refractivity contribution in [1.82, 2.24) is 24.5 Å². The number of hydrogen-bond donors (Lipinski definition) is 1. The van der Waals surface area contributed by atoms with E-state index in [2.05, 4.69) is 24.7 Å². The van der Waals surface area contributed by atoms with Crippen LogP contribution in [0.3, 0.4) is 0 Å². The molecule has 0 saturated heterocycles. The lowest BCUT2D eigenvalue weighted by Crippen LogP contribution is -2.17. The molecule has 0 radical (unpaired) electrons. The number of benzene rings is 1. The summed E-state index contributed by atoms with van der Waals surface area (Å²) in [5, 5.41) is 0. The highest BCUT2D eigenvalue weighted by molar-refractivity contribution is 5.71. The lowest BCUT2D eigenvalue weighted by molar-refractivity contribution is -0.274. The zero-order valence-electron chi connectivity index (χ0n) is 14.8. The van der Waals surface area contributed by atoms with Crippen LogP contribution in [0.25, 0.3) is 16.9 Å². The second-order valence-electron chi connectivity index (χ2n) is 5.96. The maximum absolute atomic E-state index is 12.5. The Morgan fingerprint density at radius 3 is 2.66 bits per heavy atom. The minimum atomic E-state index is -4.81. The first-order valence-corrected chi connectivity index (χ1v) is 8.21. The van der Waals surface area contributed by atoms with Crippen molar-refractivity contribution < 1.29 is 22.6 Å². The smallest absolute Gasteiger partial charge is 0.439 e. The van der Waals surface area contributed by atoms with Gasteiger partial charge in [0.15, 0.2) is 5.65 Å². The Morgan fingerprint density at radius 2 is 1.93 bits per heavy atom. The number of nitrogens with one attached hydrogen (secondary N) is 1. The largest absolute Gasteiger partial charge is 0.573 e. The molecule has 29 heavy (non-hydrogen) atoms. The van der Waals surface area contributed by atoms with Crippen molar-refractivity contribution in [3.05, 3.63) is 65.1 Å². The van der Waals surface area contributed by atoms with Crippen molar-refractivity contribution in [2.45, 2.75) is 13.3 Å². The molecule has 0 aliphatic heterocycles. The van der Waals surface area contributed by atoms with E-state index < -0.39 is 12.1 Å². The molecule has 0 bridgehead atoms. The number of aromatic nitrogens is 5. The molecular weight excluding hydrogens is 391 g/mol. The molecule has 148 valence electrons. The van der Waals surface area contributed by atoms with E-state index in [4.69, 9.17) is 4.74 Å². The summed E-state index contributed by atoms with van der Waals surface area (Å²) in [5.41, 5.74) is 1.17. The summed E-state index contributed by atoms with van der Waals surface area (Å²) < 4.78 is 48.3. The lowest BCUT2D eigenvalue weighted by Gasteiger charge is -2.13. The molecule has 4 aromatic rings. The van der Waals surface area contributed by atoms with Gasteiger partial charge in [-0.15, -0.1) is 13.2 Å². The van der Waals surface area contributed by atoms with Gasteiger partial charge in [-0.05, 0) is 24.6 Å². The number of fused-ring (bicyclic) bond motifs is 1. The van der Waals surface area contributed by atoms with E-state index in [9.17, 15) is 18.0 Å². The molecule has 0 aliphatic carbocycles. The maximum Gasteiger partial charge on any atom is 0.573 e. The van der Waals surface area contributed by atoms with E-state index in [1.807, 2.05) is 0 Å². The quantitative estimate of drug-likeness (QED) is 0.560. The summed E-state index contributed by atoms with van der Waals surface area (Å²) in [6.07, 6.45) is -0.634. The first kappa shape index (κ1) is 18.5. The van der Waals surface area contributed by atoms with Crippen LogP contribution in [0, 0.1) is 6.92 Å². The van der Waals surface area contributed by atoms with Gasteiger partial charge < -0.3 is 14.5 Å². The summed E-state index contributed by atoms with van der Waals surface area (Å²) in [6, 6.07) is 7.11. The van der Waals surface area contributed by atoms with E-state index in [1.54, 1.807) is 6.07 Å². The van der Waals surface area contributed by atoms with E-state index in [-0.39, 0.29) is 17.4 Å². The van der Waals surface area contributed by atoms with Crippen molar-refractivity contribution in [2.75, 3.05) is 0 Å². The lowest BCUT2D eigenvalue weighted by atomic mass is 10.2. The number of H-pyrrole nitrogens is 1. The number of hydrogen-bond acceptors (Lipinski definition) is 6. The van der Waals surface area contributed by atoms with Gasteiger partial charge in [0.05, 0.1) is 18.1 Å². The Morgan fingerprint density at radius 1 is 1.10 bits per heavy atom. The standard InChI is InChI=1S/C18H12F3N5O3/c1-10-2-4-12(6-14(10)29-18(19,20)21)28-15-5-3-11(7-23-15)26-16-13(25-17(26)27)8-22-9-24-16/h2-9H,1H3,(H,25,27). The first-order valence-electron chi connectivity index (χ1n) is 8.21. The van der Waals surface area contributed by atoms with Crippen LogP contribution in [0.5, 0.6) is 17.4 Å². The summed E-state index contributed by atoms with van der Waals surface area (Å²) in [6.45, 7) is 1.49. The molecule has 3 aromatic heterocycles. The molecule has 0 fully saturated rings. The summed E-state index contributed by atoms with van der Waals surface area (Å²) in [4.78, 5) is 26.8. The van der Waals surface area contributed by atoms with Crippen LogP contribution in [0.1, 0.15) is 5.56 Å². The SMILES string of the molecule is Cc1ccc(Oc2ccc(-n3c(=O)[nH]c4cncnc43)cn2)cc1OC(F)(F)F. The molecule has 3 heterocycles. The Labute approximate surface area is 160 Å². The molecule has 0 spiro atoms. The second kappa shape index (κ2) is 6.93. The monoisotopic (exact) mass is 403 g/mol. The fourth-order valence-corrected chi connectivity index (χ4v) is 2.66. The number of pyridine rings is 1. The number of nitrogens with zero attached hydrogens (tertiary/aromatic N) is 4. The average Bonchev–Trinajstić information content (AvgIpc) is 3.00. The van der Waals surface area contributed by atoms with Crippen molar-refractivity contribution in [3.8, 4) is 23.1 Å². The minimum absolute atomic E-state index is 0.118. The molecule has 0 aliphatic rings. The molecule has 8 nitrogen and oxygen atoms in total. The number of aromatic amines is 1. The van der Waals surface area contributed by atoms with Crippen molar-refractivity contribution in [3.63, 3.8) is 0 Å². The van der Waals surface area contributed by atoms with E-state index in [0.29, 0.717) is 22.4 Å². The molecule has 11 heteroatoms. The summed E-state index contributed by atoms with van der Waals surface area (Å²) >= 11 is 0. The molecular formula is C18H12F3N5O3. The zero-order chi connectivity index (χ0) is 20.6. The van der Waals surface area contributed by atoms with E-state index in [0.717, 1.165) is 6.07 Å². The Hall–Kier alpha value is -3.89. The van der Waals surface area contributed by atoms with Crippen molar-refractivity contribution >= 4 is 11.2 Å². The molecule has 0 amide bonds. The number of aryl methyl sites for hydroxylation is 1. The third kappa shape index (κ3) is 3.88. The fraction of sp³-hybridized carbons (Fsp3) is 0.111. The van der Waals surface area contributed by atoms with Gasteiger partial charge in [-0.25, -0.2) is 24.3 Å². The van der Waals surface area contributed by atoms with E-state index in [1.165, 1.54) is 48.4 Å². The highest BCUT2D eigenvalue weighted by atomic mass is 19.4. The number of alkyl halides is 3. The summed E-state index contributed by atoms with van der Waals surface area (Å²) in [7, 11) is 0. The van der Waals surface area contributed by atoms with Gasteiger partial charge in [0, 0.05) is 12.1 Å². The molecule has 0 unspecified atom stereocenters. The van der Waals surface area contributed by atoms with Crippen LogP contribution < -0.4 is 15.2 Å². The predicted molar refractivity (Wildman–Crippen MR) is 95.2 cm³/mol. The number of halogens is 3. The van der Waals surface area contributed by atoms with Crippen molar-refractivity contribution in [1.29, 1.82) is 0 Å². The van der Waals surface area contributed by atoms with Crippen LogP contribution in [0.15, 0.2) is 53.8 Å². The van der Waals surface area contributed by atoms with Gasteiger partial charge in [-0.3, -0.25) is 0 Å². The third-order valence-corrected chi connectivity index (χ3v) is 3.93. The van der Waals surface area contributed by atoms with Crippen LogP contribution in [0.2, 0.25) is 0 Å². The highest BCUT2D eigenvalue weighted by Crippen LogP contribution is 2.31. The molecule has 1 aromatic carbocycles. The van der Waals surface area contributed by atoms with Gasteiger partial charge in [-0.1, -0.05) is 6.07 Å². The topological polar surface area (TPSA) is 94.9 Å². The van der Waals surface area contributed by atoms with Crippen LogP contribution in [-0.2, 0) is 0 Å². The fourth-order valence-electron chi connectivity index (χ4n) is 2.66. The van der Waals surface area contributed by atoms with Crippen LogP contribution in [0.4, 0.5) is 13.2 Å². The molecule has 0 atom stereocenters. The van der Waals surface area contributed by atoms with Crippen molar-refractivity contribution in [2.24, 2.45) is 0 Å². The van der Waals surface area contributed by atoms with Crippen LogP contribution in [-0.4, -0.2) is 30.9 Å². The first-order chi connectivity index (χ1) is 13.8. The molecule has 0 saturated carbocycles. The van der Waals surface area contributed by atoms with Gasteiger partial charge in [0.2, 0.25) is 5.88 Å². The van der Waals surface area contributed by atoms with Crippen LogP contribution >= 0.6 is 0 Å². The Balaban J connectivity index is 1.60. The normalized spacial score (nSPS) is 11.6. The number of ether oxygens (including phenoxy) is 2.